The molecule has 0 saturated heterocycles. The number of aromatic nitrogens is 2. The molecule has 1 heterocycles. The van der Waals surface area contributed by atoms with Gasteiger partial charge in [0.05, 0.1) is 6.04 Å². The second-order valence-electron chi connectivity index (χ2n) is 4.16. The summed E-state index contributed by atoms with van der Waals surface area (Å²) in [7, 11) is 0. The van der Waals surface area contributed by atoms with Crippen LogP contribution >= 0.6 is 0 Å². The third-order valence-corrected chi connectivity index (χ3v) is 2.90. The number of hydrogen-bond acceptors (Lipinski definition) is 2. The van der Waals surface area contributed by atoms with Gasteiger partial charge in [0.2, 0.25) is 0 Å². The molecule has 0 spiro atoms. The van der Waals surface area contributed by atoms with E-state index in [4.69, 9.17) is 0 Å². The Balaban J connectivity index is 1.93. The molecule has 1 aliphatic rings. The first kappa shape index (κ1) is 9.71. The summed E-state index contributed by atoms with van der Waals surface area (Å²) >= 11 is 0. The van der Waals surface area contributed by atoms with Gasteiger partial charge in [-0.05, 0) is 32.3 Å². The SMILES string of the molecule is CCC(CNC1CC1)n1nccc1C. The van der Waals surface area contributed by atoms with Gasteiger partial charge in [0.15, 0.2) is 0 Å². The Kier molecular flexibility index (Phi) is 2.87. The van der Waals surface area contributed by atoms with Crippen molar-refractivity contribution in [2.45, 2.75) is 45.2 Å². The molecule has 2 rings (SSSR count). The number of nitrogens with one attached hydrogen (secondary N) is 1. The van der Waals surface area contributed by atoms with Gasteiger partial charge in [-0.3, -0.25) is 4.68 Å². The normalized spacial score (nSPS) is 18.4. The standard InChI is InChI=1S/C11H19N3/c1-3-11(8-12-10-4-5-10)14-9(2)6-7-13-14/h6-7,10-12H,3-5,8H2,1-2H3. The van der Waals surface area contributed by atoms with E-state index in [1.54, 1.807) is 0 Å². The predicted octanol–water partition coefficient (Wildman–Crippen LogP) is 1.89. The molecule has 1 aromatic rings. The summed E-state index contributed by atoms with van der Waals surface area (Å²) in [5, 5.41) is 7.92. The van der Waals surface area contributed by atoms with Crippen LogP contribution in [0.5, 0.6) is 0 Å². The first-order valence-electron chi connectivity index (χ1n) is 5.54. The number of hydrogen-bond donors (Lipinski definition) is 1. The van der Waals surface area contributed by atoms with Gasteiger partial charge in [-0.25, -0.2) is 0 Å². The summed E-state index contributed by atoms with van der Waals surface area (Å²) in [6, 6.07) is 3.38. The summed E-state index contributed by atoms with van der Waals surface area (Å²) in [5.41, 5.74) is 1.26. The van der Waals surface area contributed by atoms with Crippen molar-refractivity contribution in [3.05, 3.63) is 18.0 Å². The molecule has 1 unspecified atom stereocenters. The van der Waals surface area contributed by atoms with Crippen LogP contribution in [0, 0.1) is 6.92 Å². The van der Waals surface area contributed by atoms with E-state index in [2.05, 4.69) is 35.0 Å². The van der Waals surface area contributed by atoms with Crippen LogP contribution in [0.25, 0.3) is 0 Å². The minimum absolute atomic E-state index is 0.519. The molecule has 1 N–H and O–H groups in total. The lowest BCUT2D eigenvalue weighted by molar-refractivity contribution is 0.404. The first-order valence-corrected chi connectivity index (χ1v) is 5.54. The zero-order valence-corrected chi connectivity index (χ0v) is 9.03. The Bertz CT molecular complexity index is 288. The smallest absolute Gasteiger partial charge is 0.0644 e. The maximum absolute atomic E-state index is 4.36. The molecule has 1 saturated carbocycles. The van der Waals surface area contributed by atoms with Gasteiger partial charge in [0.1, 0.15) is 0 Å². The predicted molar refractivity (Wildman–Crippen MR) is 57.3 cm³/mol. The lowest BCUT2D eigenvalue weighted by Gasteiger charge is -2.17. The largest absolute Gasteiger partial charge is 0.312 e. The third-order valence-electron chi connectivity index (χ3n) is 2.90. The van der Waals surface area contributed by atoms with E-state index in [1.165, 1.54) is 18.5 Å². The molecule has 14 heavy (non-hydrogen) atoms. The molecule has 0 aliphatic heterocycles. The summed E-state index contributed by atoms with van der Waals surface area (Å²) in [5.74, 6) is 0. The second kappa shape index (κ2) is 4.13. The fourth-order valence-corrected chi connectivity index (χ4v) is 1.76. The van der Waals surface area contributed by atoms with E-state index in [0.717, 1.165) is 19.0 Å². The second-order valence-corrected chi connectivity index (χ2v) is 4.16. The van der Waals surface area contributed by atoms with Crippen LogP contribution in [-0.4, -0.2) is 22.4 Å². The van der Waals surface area contributed by atoms with E-state index >= 15 is 0 Å². The van der Waals surface area contributed by atoms with Crippen LogP contribution in [0.1, 0.15) is 37.9 Å². The van der Waals surface area contributed by atoms with Gasteiger partial charge in [0, 0.05) is 24.5 Å². The zero-order valence-electron chi connectivity index (χ0n) is 9.03. The van der Waals surface area contributed by atoms with Crippen molar-refractivity contribution in [1.29, 1.82) is 0 Å². The molecular weight excluding hydrogens is 174 g/mol. The van der Waals surface area contributed by atoms with Gasteiger partial charge < -0.3 is 5.32 Å². The molecule has 1 fully saturated rings. The molecule has 1 aliphatic carbocycles. The van der Waals surface area contributed by atoms with Gasteiger partial charge in [0.25, 0.3) is 0 Å². The molecular formula is C11H19N3. The molecule has 3 nitrogen and oxygen atoms in total. The number of aryl methyl sites for hydroxylation is 1. The van der Waals surface area contributed by atoms with E-state index in [1.807, 2.05) is 6.20 Å². The van der Waals surface area contributed by atoms with Crippen LogP contribution in [0.4, 0.5) is 0 Å². The quantitative estimate of drug-likeness (QED) is 0.774. The molecule has 1 atom stereocenters. The highest BCUT2D eigenvalue weighted by Gasteiger charge is 2.22. The van der Waals surface area contributed by atoms with Crippen molar-refractivity contribution in [3.8, 4) is 0 Å². The van der Waals surface area contributed by atoms with E-state index in [9.17, 15) is 0 Å². The highest BCUT2D eigenvalue weighted by Crippen LogP contribution is 2.20. The monoisotopic (exact) mass is 193 g/mol. The number of rotatable bonds is 5. The van der Waals surface area contributed by atoms with Crippen molar-refractivity contribution in [1.82, 2.24) is 15.1 Å². The highest BCUT2D eigenvalue weighted by molar-refractivity contribution is 4.98. The van der Waals surface area contributed by atoms with E-state index < -0.39 is 0 Å². The lowest BCUT2D eigenvalue weighted by atomic mass is 10.2. The first-order chi connectivity index (χ1) is 6.81. The average molecular weight is 193 g/mol. The number of nitrogens with zero attached hydrogens (tertiary/aromatic N) is 2. The minimum atomic E-state index is 0.519. The highest BCUT2D eigenvalue weighted by atomic mass is 15.3. The molecule has 0 aromatic carbocycles. The summed E-state index contributed by atoms with van der Waals surface area (Å²) in [4.78, 5) is 0. The summed E-state index contributed by atoms with van der Waals surface area (Å²) < 4.78 is 2.13. The van der Waals surface area contributed by atoms with Crippen molar-refractivity contribution < 1.29 is 0 Å². The van der Waals surface area contributed by atoms with Crippen LogP contribution in [-0.2, 0) is 0 Å². The Hall–Kier alpha value is -0.830. The molecule has 0 amide bonds. The maximum atomic E-state index is 4.36. The van der Waals surface area contributed by atoms with Crippen molar-refractivity contribution >= 4 is 0 Å². The fourth-order valence-electron chi connectivity index (χ4n) is 1.76. The lowest BCUT2D eigenvalue weighted by Crippen LogP contribution is -2.27. The van der Waals surface area contributed by atoms with Crippen LogP contribution in [0.3, 0.4) is 0 Å². The topological polar surface area (TPSA) is 29.9 Å². The Labute approximate surface area is 85.5 Å². The Morgan fingerprint density at radius 1 is 1.64 bits per heavy atom. The van der Waals surface area contributed by atoms with Gasteiger partial charge >= 0.3 is 0 Å². The summed E-state index contributed by atoms with van der Waals surface area (Å²) in [6.07, 6.45) is 5.74. The molecule has 78 valence electrons. The van der Waals surface area contributed by atoms with Gasteiger partial charge in [-0.2, -0.15) is 5.10 Å². The zero-order chi connectivity index (χ0) is 9.97. The van der Waals surface area contributed by atoms with Crippen LogP contribution in [0.15, 0.2) is 12.3 Å². The molecule has 1 aromatic heterocycles. The third kappa shape index (κ3) is 2.15. The Morgan fingerprint density at radius 3 is 2.93 bits per heavy atom. The van der Waals surface area contributed by atoms with Crippen LogP contribution < -0.4 is 5.32 Å². The molecule has 3 heteroatoms. The van der Waals surface area contributed by atoms with Crippen LogP contribution in [0.2, 0.25) is 0 Å². The van der Waals surface area contributed by atoms with Crippen molar-refractivity contribution in [2.24, 2.45) is 0 Å². The van der Waals surface area contributed by atoms with E-state index in [-0.39, 0.29) is 0 Å². The van der Waals surface area contributed by atoms with Crippen molar-refractivity contribution in [2.75, 3.05) is 6.54 Å². The molecule has 0 radical (unpaired) electrons. The molecule has 0 bridgehead atoms. The minimum Gasteiger partial charge on any atom is -0.312 e. The van der Waals surface area contributed by atoms with Crippen molar-refractivity contribution in [3.63, 3.8) is 0 Å². The summed E-state index contributed by atoms with van der Waals surface area (Å²) in [6.45, 7) is 5.40. The average Bonchev–Trinajstić information content (AvgIpc) is 2.92. The van der Waals surface area contributed by atoms with E-state index in [0.29, 0.717) is 6.04 Å². The van der Waals surface area contributed by atoms with Gasteiger partial charge in [-0.15, -0.1) is 0 Å². The fraction of sp³-hybridized carbons (Fsp3) is 0.727. The maximum Gasteiger partial charge on any atom is 0.0644 e. The Morgan fingerprint density at radius 2 is 2.43 bits per heavy atom. The van der Waals surface area contributed by atoms with Gasteiger partial charge in [-0.1, -0.05) is 6.92 Å².